The quantitative estimate of drug-likeness (QED) is 0.752. The summed E-state index contributed by atoms with van der Waals surface area (Å²) < 4.78 is 0. The fourth-order valence-corrected chi connectivity index (χ4v) is 2.30. The van der Waals surface area contributed by atoms with Gasteiger partial charge in [-0.25, -0.2) is 0 Å². The van der Waals surface area contributed by atoms with Crippen molar-refractivity contribution in [2.24, 2.45) is 0 Å². The van der Waals surface area contributed by atoms with Crippen LogP contribution < -0.4 is 0 Å². The van der Waals surface area contributed by atoms with Gasteiger partial charge in [0.1, 0.15) is 6.10 Å². The Morgan fingerprint density at radius 1 is 0.895 bits per heavy atom. The van der Waals surface area contributed by atoms with E-state index in [1.54, 1.807) is 12.4 Å². The van der Waals surface area contributed by atoms with Crippen molar-refractivity contribution in [1.82, 2.24) is 4.98 Å². The van der Waals surface area contributed by atoms with Gasteiger partial charge >= 0.3 is 0 Å². The van der Waals surface area contributed by atoms with Gasteiger partial charge in [-0.15, -0.1) is 0 Å². The van der Waals surface area contributed by atoms with Crippen LogP contribution in [0.5, 0.6) is 0 Å². The SMILES string of the molecule is Cc1cncc(C(O)c2ccc3ccccc3c2)c1. The van der Waals surface area contributed by atoms with Crippen LogP contribution >= 0.6 is 0 Å². The normalized spacial score (nSPS) is 12.5. The second-order valence-electron chi connectivity index (χ2n) is 4.80. The number of aryl methyl sites for hydroxylation is 1. The molecule has 0 amide bonds. The van der Waals surface area contributed by atoms with Crippen molar-refractivity contribution < 1.29 is 5.11 Å². The minimum atomic E-state index is -0.628. The Balaban J connectivity index is 2.04. The Hall–Kier alpha value is -2.19. The molecule has 2 nitrogen and oxygen atoms in total. The Labute approximate surface area is 112 Å². The van der Waals surface area contributed by atoms with E-state index in [-0.39, 0.29) is 0 Å². The van der Waals surface area contributed by atoms with Crippen molar-refractivity contribution in [3.63, 3.8) is 0 Å². The predicted molar refractivity (Wildman–Crippen MR) is 77.0 cm³/mol. The molecule has 2 heteroatoms. The summed E-state index contributed by atoms with van der Waals surface area (Å²) in [7, 11) is 0. The summed E-state index contributed by atoms with van der Waals surface area (Å²) in [5, 5.41) is 12.8. The summed E-state index contributed by atoms with van der Waals surface area (Å²) in [4.78, 5) is 4.13. The van der Waals surface area contributed by atoms with Crippen LogP contribution in [0.25, 0.3) is 10.8 Å². The Kier molecular flexibility index (Phi) is 3.02. The predicted octanol–water partition coefficient (Wildman–Crippen LogP) is 3.62. The molecule has 0 spiro atoms. The van der Waals surface area contributed by atoms with E-state index in [1.807, 2.05) is 43.3 Å². The van der Waals surface area contributed by atoms with E-state index in [4.69, 9.17) is 0 Å². The number of benzene rings is 2. The van der Waals surface area contributed by atoms with Crippen molar-refractivity contribution >= 4 is 10.8 Å². The average Bonchev–Trinajstić information content (AvgIpc) is 2.46. The zero-order valence-corrected chi connectivity index (χ0v) is 10.7. The van der Waals surface area contributed by atoms with Crippen LogP contribution in [0.1, 0.15) is 22.8 Å². The molecule has 0 saturated heterocycles. The van der Waals surface area contributed by atoms with Crippen LogP contribution in [0.3, 0.4) is 0 Å². The van der Waals surface area contributed by atoms with Crippen LogP contribution in [0.15, 0.2) is 60.9 Å². The molecule has 0 saturated carbocycles. The molecule has 1 heterocycles. The molecular formula is C17H15NO. The van der Waals surface area contributed by atoms with Gasteiger partial charge in [0.2, 0.25) is 0 Å². The first kappa shape index (κ1) is 11.9. The monoisotopic (exact) mass is 249 g/mol. The van der Waals surface area contributed by atoms with Crippen molar-refractivity contribution in [3.05, 3.63) is 77.6 Å². The highest BCUT2D eigenvalue weighted by molar-refractivity contribution is 5.83. The summed E-state index contributed by atoms with van der Waals surface area (Å²) in [5.41, 5.74) is 2.78. The number of rotatable bonds is 2. The maximum absolute atomic E-state index is 10.4. The molecule has 1 unspecified atom stereocenters. The number of aromatic nitrogens is 1. The van der Waals surface area contributed by atoms with E-state index in [1.165, 1.54) is 5.39 Å². The van der Waals surface area contributed by atoms with E-state index < -0.39 is 6.10 Å². The van der Waals surface area contributed by atoms with Crippen LogP contribution in [0, 0.1) is 6.92 Å². The second kappa shape index (κ2) is 4.82. The lowest BCUT2D eigenvalue weighted by molar-refractivity contribution is 0.220. The highest BCUT2D eigenvalue weighted by Gasteiger charge is 2.11. The van der Waals surface area contributed by atoms with Crippen LogP contribution in [0.2, 0.25) is 0 Å². The standard InChI is InChI=1S/C17H15NO/c1-12-8-16(11-18-10-12)17(19)15-7-6-13-4-2-3-5-14(13)9-15/h2-11,17,19H,1H3. The minimum absolute atomic E-state index is 0.628. The smallest absolute Gasteiger partial charge is 0.106 e. The van der Waals surface area contributed by atoms with E-state index in [0.717, 1.165) is 22.1 Å². The van der Waals surface area contributed by atoms with Crippen LogP contribution in [0.4, 0.5) is 0 Å². The highest BCUT2D eigenvalue weighted by atomic mass is 16.3. The highest BCUT2D eigenvalue weighted by Crippen LogP contribution is 2.25. The van der Waals surface area contributed by atoms with Gasteiger partial charge in [0.15, 0.2) is 0 Å². The molecule has 1 atom stereocenters. The lowest BCUT2D eigenvalue weighted by Gasteiger charge is -2.12. The van der Waals surface area contributed by atoms with Gasteiger partial charge in [0.25, 0.3) is 0 Å². The third kappa shape index (κ3) is 2.35. The van der Waals surface area contributed by atoms with Gasteiger partial charge in [-0.05, 0) is 34.9 Å². The van der Waals surface area contributed by atoms with Crippen molar-refractivity contribution in [2.75, 3.05) is 0 Å². The molecule has 0 fully saturated rings. The van der Waals surface area contributed by atoms with E-state index in [9.17, 15) is 5.11 Å². The molecule has 0 bridgehead atoms. The van der Waals surface area contributed by atoms with Gasteiger partial charge in [-0.3, -0.25) is 4.98 Å². The average molecular weight is 249 g/mol. The number of hydrogen-bond donors (Lipinski definition) is 1. The molecule has 0 radical (unpaired) electrons. The Morgan fingerprint density at radius 3 is 2.47 bits per heavy atom. The molecule has 0 aliphatic heterocycles. The third-order valence-corrected chi connectivity index (χ3v) is 3.30. The van der Waals surface area contributed by atoms with Gasteiger partial charge < -0.3 is 5.11 Å². The van der Waals surface area contributed by atoms with Crippen LogP contribution in [-0.4, -0.2) is 10.1 Å². The molecule has 2 aromatic carbocycles. The van der Waals surface area contributed by atoms with Crippen LogP contribution in [-0.2, 0) is 0 Å². The van der Waals surface area contributed by atoms with Crippen molar-refractivity contribution in [2.45, 2.75) is 13.0 Å². The Bertz CT molecular complexity index is 721. The van der Waals surface area contributed by atoms with E-state index in [2.05, 4.69) is 17.1 Å². The molecule has 19 heavy (non-hydrogen) atoms. The first-order valence-electron chi connectivity index (χ1n) is 6.32. The Morgan fingerprint density at radius 2 is 1.68 bits per heavy atom. The molecule has 0 aliphatic rings. The maximum atomic E-state index is 10.4. The van der Waals surface area contributed by atoms with Crippen molar-refractivity contribution in [3.8, 4) is 0 Å². The number of aliphatic hydroxyl groups is 1. The van der Waals surface area contributed by atoms with E-state index in [0.29, 0.717) is 0 Å². The first-order chi connectivity index (χ1) is 9.24. The summed E-state index contributed by atoms with van der Waals surface area (Å²) >= 11 is 0. The molecule has 0 aliphatic carbocycles. The largest absolute Gasteiger partial charge is 0.384 e. The zero-order chi connectivity index (χ0) is 13.2. The number of aliphatic hydroxyl groups excluding tert-OH is 1. The molecule has 3 rings (SSSR count). The lowest BCUT2D eigenvalue weighted by Crippen LogP contribution is -2.00. The fourth-order valence-electron chi connectivity index (χ4n) is 2.30. The topological polar surface area (TPSA) is 33.1 Å². The second-order valence-corrected chi connectivity index (χ2v) is 4.80. The van der Waals surface area contributed by atoms with Gasteiger partial charge in [0, 0.05) is 18.0 Å². The van der Waals surface area contributed by atoms with Gasteiger partial charge in [-0.2, -0.15) is 0 Å². The number of fused-ring (bicyclic) bond motifs is 1. The first-order valence-corrected chi connectivity index (χ1v) is 6.32. The zero-order valence-electron chi connectivity index (χ0n) is 10.7. The number of pyridine rings is 1. The molecule has 94 valence electrons. The molecule has 1 N–H and O–H groups in total. The minimum Gasteiger partial charge on any atom is -0.384 e. The molecular weight excluding hydrogens is 234 g/mol. The van der Waals surface area contributed by atoms with Crippen molar-refractivity contribution in [1.29, 1.82) is 0 Å². The lowest BCUT2D eigenvalue weighted by atomic mass is 9.99. The molecule has 1 aromatic heterocycles. The number of nitrogens with zero attached hydrogens (tertiary/aromatic N) is 1. The maximum Gasteiger partial charge on any atom is 0.106 e. The molecule has 3 aromatic rings. The number of hydrogen-bond acceptors (Lipinski definition) is 2. The summed E-state index contributed by atoms with van der Waals surface area (Å²) in [6, 6.07) is 16.1. The van der Waals surface area contributed by atoms with Gasteiger partial charge in [0.05, 0.1) is 0 Å². The third-order valence-electron chi connectivity index (χ3n) is 3.30. The van der Waals surface area contributed by atoms with E-state index >= 15 is 0 Å². The van der Waals surface area contributed by atoms with Gasteiger partial charge in [-0.1, -0.05) is 42.5 Å². The summed E-state index contributed by atoms with van der Waals surface area (Å²) in [6.45, 7) is 1.98. The summed E-state index contributed by atoms with van der Waals surface area (Å²) in [6.07, 6.45) is 2.88. The summed E-state index contributed by atoms with van der Waals surface area (Å²) in [5.74, 6) is 0. The fraction of sp³-hybridized carbons (Fsp3) is 0.118.